The SMILES string of the molecule is CCCC(CCC)c1ccc(COC)c(F)c1. The van der Waals surface area contributed by atoms with E-state index in [0.717, 1.165) is 31.2 Å². The van der Waals surface area contributed by atoms with Crippen molar-refractivity contribution < 1.29 is 9.13 Å². The highest BCUT2D eigenvalue weighted by atomic mass is 19.1. The molecule has 1 aromatic carbocycles. The van der Waals surface area contributed by atoms with Crippen LogP contribution in [0.2, 0.25) is 0 Å². The lowest BCUT2D eigenvalue weighted by molar-refractivity contribution is 0.181. The van der Waals surface area contributed by atoms with Gasteiger partial charge < -0.3 is 4.74 Å². The molecule has 0 bridgehead atoms. The summed E-state index contributed by atoms with van der Waals surface area (Å²) in [6.07, 6.45) is 4.56. The van der Waals surface area contributed by atoms with Gasteiger partial charge in [0.15, 0.2) is 0 Å². The van der Waals surface area contributed by atoms with Gasteiger partial charge in [-0.1, -0.05) is 38.8 Å². The van der Waals surface area contributed by atoms with Crippen molar-refractivity contribution in [1.29, 1.82) is 0 Å². The van der Waals surface area contributed by atoms with E-state index >= 15 is 0 Å². The van der Waals surface area contributed by atoms with E-state index in [9.17, 15) is 4.39 Å². The molecule has 0 aliphatic rings. The second kappa shape index (κ2) is 7.44. The molecular formula is C15H23FO. The van der Waals surface area contributed by atoms with Gasteiger partial charge in [-0.3, -0.25) is 0 Å². The largest absolute Gasteiger partial charge is 0.380 e. The minimum atomic E-state index is -0.137. The quantitative estimate of drug-likeness (QED) is 0.671. The van der Waals surface area contributed by atoms with Crippen LogP contribution in [0.15, 0.2) is 18.2 Å². The number of hydrogen-bond donors (Lipinski definition) is 0. The summed E-state index contributed by atoms with van der Waals surface area (Å²) in [5, 5.41) is 0. The summed E-state index contributed by atoms with van der Waals surface area (Å²) in [5.74, 6) is 0.359. The first-order valence-electron chi connectivity index (χ1n) is 6.50. The van der Waals surface area contributed by atoms with Gasteiger partial charge in [-0.25, -0.2) is 4.39 Å². The maximum absolute atomic E-state index is 13.8. The van der Waals surface area contributed by atoms with Crippen LogP contribution in [0.3, 0.4) is 0 Å². The van der Waals surface area contributed by atoms with Crippen LogP contribution in [0.5, 0.6) is 0 Å². The lowest BCUT2D eigenvalue weighted by Gasteiger charge is -2.16. The fraction of sp³-hybridized carbons (Fsp3) is 0.600. The van der Waals surface area contributed by atoms with Crippen molar-refractivity contribution in [2.75, 3.05) is 7.11 Å². The molecule has 1 aromatic rings. The fourth-order valence-electron chi connectivity index (χ4n) is 2.26. The smallest absolute Gasteiger partial charge is 0.129 e. The van der Waals surface area contributed by atoms with Crippen LogP contribution in [0.4, 0.5) is 4.39 Å². The van der Waals surface area contributed by atoms with E-state index in [0.29, 0.717) is 18.1 Å². The summed E-state index contributed by atoms with van der Waals surface area (Å²) >= 11 is 0. The molecule has 0 N–H and O–H groups in total. The van der Waals surface area contributed by atoms with Gasteiger partial charge in [0.1, 0.15) is 5.82 Å². The van der Waals surface area contributed by atoms with E-state index in [2.05, 4.69) is 13.8 Å². The van der Waals surface area contributed by atoms with Crippen LogP contribution >= 0.6 is 0 Å². The number of benzene rings is 1. The number of methoxy groups -OCH3 is 1. The van der Waals surface area contributed by atoms with Crippen molar-refractivity contribution in [3.8, 4) is 0 Å². The van der Waals surface area contributed by atoms with Crippen molar-refractivity contribution in [3.63, 3.8) is 0 Å². The third-order valence-electron chi connectivity index (χ3n) is 3.12. The molecule has 0 amide bonds. The molecule has 0 saturated heterocycles. The standard InChI is InChI=1S/C15H23FO/c1-4-6-12(7-5-2)13-8-9-14(11-17-3)15(16)10-13/h8-10,12H,4-7,11H2,1-3H3. The van der Waals surface area contributed by atoms with E-state index in [1.807, 2.05) is 12.1 Å². The van der Waals surface area contributed by atoms with Crippen molar-refractivity contribution in [3.05, 3.63) is 35.1 Å². The molecule has 1 nitrogen and oxygen atoms in total. The Kier molecular flexibility index (Phi) is 6.20. The van der Waals surface area contributed by atoms with Gasteiger partial charge >= 0.3 is 0 Å². The molecule has 17 heavy (non-hydrogen) atoms. The van der Waals surface area contributed by atoms with Gasteiger partial charge in [-0.15, -0.1) is 0 Å². The molecule has 0 fully saturated rings. The highest BCUT2D eigenvalue weighted by molar-refractivity contribution is 5.26. The molecule has 0 unspecified atom stereocenters. The van der Waals surface area contributed by atoms with Crippen LogP contribution in [0.25, 0.3) is 0 Å². The Bertz CT molecular complexity index is 330. The maximum atomic E-state index is 13.8. The van der Waals surface area contributed by atoms with E-state index in [-0.39, 0.29) is 5.82 Å². The third-order valence-corrected chi connectivity index (χ3v) is 3.12. The van der Waals surface area contributed by atoms with Crippen molar-refractivity contribution in [2.45, 2.75) is 52.1 Å². The Hall–Kier alpha value is -0.890. The number of hydrogen-bond acceptors (Lipinski definition) is 1. The lowest BCUT2D eigenvalue weighted by Crippen LogP contribution is -2.01. The summed E-state index contributed by atoms with van der Waals surface area (Å²) in [5.41, 5.74) is 1.77. The van der Waals surface area contributed by atoms with Gasteiger partial charge in [0, 0.05) is 12.7 Å². The zero-order valence-electron chi connectivity index (χ0n) is 11.1. The van der Waals surface area contributed by atoms with Gasteiger partial charge in [-0.2, -0.15) is 0 Å². The van der Waals surface area contributed by atoms with E-state index < -0.39 is 0 Å². The minimum absolute atomic E-state index is 0.137. The summed E-state index contributed by atoms with van der Waals surface area (Å²) in [4.78, 5) is 0. The first-order valence-corrected chi connectivity index (χ1v) is 6.50. The minimum Gasteiger partial charge on any atom is -0.380 e. The molecule has 0 aromatic heterocycles. The monoisotopic (exact) mass is 238 g/mol. The Morgan fingerprint density at radius 3 is 2.29 bits per heavy atom. The Labute approximate surface area is 104 Å². The molecule has 0 heterocycles. The highest BCUT2D eigenvalue weighted by Gasteiger charge is 2.12. The summed E-state index contributed by atoms with van der Waals surface area (Å²) < 4.78 is 18.8. The van der Waals surface area contributed by atoms with E-state index in [4.69, 9.17) is 4.74 Å². The summed E-state index contributed by atoms with van der Waals surface area (Å²) in [6, 6.07) is 5.59. The predicted molar refractivity (Wildman–Crippen MR) is 69.7 cm³/mol. The van der Waals surface area contributed by atoms with Crippen LogP contribution in [-0.4, -0.2) is 7.11 Å². The van der Waals surface area contributed by atoms with E-state index in [1.54, 1.807) is 13.2 Å². The average Bonchev–Trinajstić information content (AvgIpc) is 2.32. The van der Waals surface area contributed by atoms with Crippen LogP contribution in [0, 0.1) is 5.82 Å². The molecule has 0 aliphatic heterocycles. The second-order valence-electron chi connectivity index (χ2n) is 4.56. The number of ether oxygens (including phenoxy) is 1. The molecule has 2 heteroatoms. The summed E-state index contributed by atoms with van der Waals surface area (Å²) in [6.45, 7) is 4.70. The Morgan fingerprint density at radius 2 is 1.82 bits per heavy atom. The summed E-state index contributed by atoms with van der Waals surface area (Å²) in [7, 11) is 1.59. The van der Waals surface area contributed by atoms with Crippen molar-refractivity contribution in [2.24, 2.45) is 0 Å². The lowest BCUT2D eigenvalue weighted by atomic mass is 9.90. The molecule has 1 rings (SSSR count). The van der Waals surface area contributed by atoms with E-state index in [1.165, 1.54) is 0 Å². The zero-order valence-corrected chi connectivity index (χ0v) is 11.1. The molecule has 96 valence electrons. The second-order valence-corrected chi connectivity index (χ2v) is 4.56. The van der Waals surface area contributed by atoms with Crippen molar-refractivity contribution >= 4 is 0 Å². The van der Waals surface area contributed by atoms with Gasteiger partial charge in [0.05, 0.1) is 6.61 Å². The average molecular weight is 238 g/mol. The van der Waals surface area contributed by atoms with Gasteiger partial charge in [0.25, 0.3) is 0 Å². The molecule has 0 radical (unpaired) electrons. The first kappa shape index (κ1) is 14.2. The topological polar surface area (TPSA) is 9.23 Å². The fourth-order valence-corrected chi connectivity index (χ4v) is 2.26. The molecule has 0 saturated carbocycles. The number of halogens is 1. The molecule has 0 aliphatic carbocycles. The molecule has 0 spiro atoms. The van der Waals surface area contributed by atoms with Crippen LogP contribution in [-0.2, 0) is 11.3 Å². The first-order chi connectivity index (χ1) is 8.22. The zero-order chi connectivity index (χ0) is 12.7. The molecule has 0 atom stereocenters. The maximum Gasteiger partial charge on any atom is 0.129 e. The predicted octanol–water partition coefficient (Wildman–Crippen LogP) is 4.66. The third kappa shape index (κ3) is 4.12. The van der Waals surface area contributed by atoms with Gasteiger partial charge in [-0.05, 0) is 30.4 Å². The van der Waals surface area contributed by atoms with Crippen molar-refractivity contribution in [1.82, 2.24) is 0 Å². The number of rotatable bonds is 7. The highest BCUT2D eigenvalue weighted by Crippen LogP contribution is 2.27. The van der Waals surface area contributed by atoms with Gasteiger partial charge in [0.2, 0.25) is 0 Å². The Balaban J connectivity index is 2.85. The Morgan fingerprint density at radius 1 is 1.18 bits per heavy atom. The normalized spacial score (nSPS) is 11.1. The molecular weight excluding hydrogens is 215 g/mol. The van der Waals surface area contributed by atoms with Crippen LogP contribution in [0.1, 0.15) is 56.6 Å². The van der Waals surface area contributed by atoms with Crippen LogP contribution < -0.4 is 0 Å².